The van der Waals surface area contributed by atoms with Crippen LogP contribution in [0, 0.1) is 6.92 Å². The molecule has 2 heterocycles. The van der Waals surface area contributed by atoms with Crippen molar-refractivity contribution < 1.29 is 4.79 Å². The number of aliphatic imine (C=N–C) groups is 1. The Morgan fingerprint density at radius 2 is 1.69 bits per heavy atom. The van der Waals surface area contributed by atoms with Gasteiger partial charge in [-0.15, -0.1) is 0 Å². The average Bonchev–Trinajstić information content (AvgIpc) is 3.27. The van der Waals surface area contributed by atoms with Crippen LogP contribution in [0.1, 0.15) is 5.56 Å². The van der Waals surface area contributed by atoms with Crippen LogP contribution >= 0.6 is 51.1 Å². The Kier molecular flexibility index (Phi) is 5.84. The fourth-order valence-electron chi connectivity index (χ4n) is 3.44. The highest BCUT2D eigenvalue weighted by atomic mass is 79.9. The largest absolute Gasteiger partial charge is 0.337 e. The van der Waals surface area contributed by atoms with Crippen LogP contribution in [0.25, 0.3) is 0 Å². The van der Waals surface area contributed by atoms with Crippen LogP contribution in [-0.2, 0) is 4.79 Å². The summed E-state index contributed by atoms with van der Waals surface area (Å²) in [6.45, 7) is 2.03. The Hall–Kier alpha value is -2.19. The molecule has 32 heavy (non-hydrogen) atoms. The summed E-state index contributed by atoms with van der Waals surface area (Å²) in [5.41, 5.74) is 3.72. The molecule has 160 valence electrons. The number of carbonyl (C=O) groups is 1. The zero-order valence-corrected chi connectivity index (χ0v) is 21.1. The summed E-state index contributed by atoms with van der Waals surface area (Å²) in [7, 11) is 1.96. The molecule has 4 nitrogen and oxygen atoms in total. The fraction of sp³-hybridized carbons (Fsp3) is 0.0833. The summed E-state index contributed by atoms with van der Waals surface area (Å²) in [6, 6.07) is 21.4. The van der Waals surface area contributed by atoms with E-state index in [1.807, 2.05) is 85.6 Å². The number of fused-ring (bicyclic) bond motifs is 1. The first-order valence-corrected chi connectivity index (χ1v) is 12.6. The minimum Gasteiger partial charge on any atom is -0.337 e. The molecule has 1 amide bonds. The van der Waals surface area contributed by atoms with Crippen LogP contribution < -0.4 is 9.80 Å². The molecule has 0 atom stereocenters. The number of thioether (sulfide) groups is 2. The van der Waals surface area contributed by atoms with E-state index < -0.39 is 0 Å². The van der Waals surface area contributed by atoms with Gasteiger partial charge in [0, 0.05) is 21.4 Å². The predicted molar refractivity (Wildman–Crippen MR) is 140 cm³/mol. The number of hydrogen-bond acceptors (Lipinski definition) is 5. The van der Waals surface area contributed by atoms with Crippen LogP contribution in [0.5, 0.6) is 0 Å². The molecule has 2 aliphatic heterocycles. The van der Waals surface area contributed by atoms with Crippen molar-refractivity contribution in [2.45, 2.75) is 11.8 Å². The lowest BCUT2D eigenvalue weighted by molar-refractivity contribution is -0.113. The zero-order valence-electron chi connectivity index (χ0n) is 17.2. The topological polar surface area (TPSA) is 35.9 Å². The van der Waals surface area contributed by atoms with Crippen molar-refractivity contribution in [1.29, 1.82) is 0 Å². The van der Waals surface area contributed by atoms with Gasteiger partial charge in [-0.05, 0) is 73.3 Å². The Morgan fingerprint density at radius 3 is 2.41 bits per heavy atom. The van der Waals surface area contributed by atoms with Gasteiger partial charge in [0.1, 0.15) is 4.91 Å². The van der Waals surface area contributed by atoms with E-state index in [0.717, 1.165) is 37.0 Å². The number of amides is 1. The van der Waals surface area contributed by atoms with Gasteiger partial charge in [-0.3, -0.25) is 9.69 Å². The molecule has 0 bridgehead atoms. The lowest BCUT2D eigenvalue weighted by atomic mass is 10.2. The molecule has 0 spiro atoms. The van der Waals surface area contributed by atoms with Gasteiger partial charge in [-0.1, -0.05) is 57.0 Å². The maximum absolute atomic E-state index is 13.7. The monoisotopic (exact) mass is 541 g/mol. The molecule has 0 saturated carbocycles. The van der Waals surface area contributed by atoms with Crippen LogP contribution in [0.3, 0.4) is 0 Å². The number of rotatable bonds is 2. The smallest absolute Gasteiger partial charge is 0.274 e. The Morgan fingerprint density at radius 1 is 0.969 bits per heavy atom. The Balaban J connectivity index is 1.60. The molecule has 2 aliphatic rings. The molecule has 8 heteroatoms. The third kappa shape index (κ3) is 3.99. The number of carbonyl (C=O) groups excluding carboxylic acids is 1. The van der Waals surface area contributed by atoms with Crippen molar-refractivity contribution in [2.24, 2.45) is 4.99 Å². The second kappa shape index (κ2) is 8.63. The second-order valence-corrected chi connectivity index (χ2v) is 10.7. The van der Waals surface area contributed by atoms with Gasteiger partial charge < -0.3 is 4.90 Å². The van der Waals surface area contributed by atoms with Crippen molar-refractivity contribution in [3.05, 3.63) is 91.7 Å². The average molecular weight is 543 g/mol. The van der Waals surface area contributed by atoms with E-state index in [4.69, 9.17) is 16.6 Å². The standard InChI is InChI=1S/C24H17BrClN3OS2/c1-14-3-10-18(11-4-14)29-22(30)21(32-24(29)27-17-8-5-15(25)6-9-17)23-28(2)19-13-16(26)7-12-20(19)31-23/h3-13H,1-2H3. The second-order valence-electron chi connectivity index (χ2n) is 7.36. The first-order valence-electron chi connectivity index (χ1n) is 9.79. The van der Waals surface area contributed by atoms with Crippen LogP contribution in [0.15, 0.2) is 91.0 Å². The van der Waals surface area contributed by atoms with E-state index in [9.17, 15) is 4.79 Å². The molecule has 3 aromatic carbocycles. The highest BCUT2D eigenvalue weighted by Crippen LogP contribution is 2.51. The van der Waals surface area contributed by atoms with Crippen molar-refractivity contribution in [2.75, 3.05) is 16.8 Å². The highest BCUT2D eigenvalue weighted by molar-refractivity contribution is 9.10. The summed E-state index contributed by atoms with van der Waals surface area (Å²) >= 11 is 12.7. The molecular formula is C24H17BrClN3OS2. The fourth-order valence-corrected chi connectivity index (χ4v) is 6.20. The molecule has 3 aromatic rings. The van der Waals surface area contributed by atoms with Crippen molar-refractivity contribution in [3.63, 3.8) is 0 Å². The number of anilines is 2. The summed E-state index contributed by atoms with van der Waals surface area (Å²) in [5.74, 6) is -0.0806. The lowest BCUT2D eigenvalue weighted by Gasteiger charge is -2.17. The number of halogens is 2. The van der Waals surface area contributed by atoms with Crippen LogP contribution in [0.2, 0.25) is 5.02 Å². The van der Waals surface area contributed by atoms with E-state index in [0.29, 0.717) is 15.1 Å². The van der Waals surface area contributed by atoms with Gasteiger partial charge in [0.05, 0.1) is 22.1 Å². The molecule has 1 saturated heterocycles. The van der Waals surface area contributed by atoms with Crippen LogP contribution in [-0.4, -0.2) is 18.1 Å². The zero-order chi connectivity index (χ0) is 22.4. The minimum atomic E-state index is -0.0806. The van der Waals surface area contributed by atoms with Crippen molar-refractivity contribution >= 4 is 79.2 Å². The minimum absolute atomic E-state index is 0.0806. The van der Waals surface area contributed by atoms with Crippen molar-refractivity contribution in [1.82, 2.24) is 0 Å². The summed E-state index contributed by atoms with van der Waals surface area (Å²) in [6.07, 6.45) is 0. The first kappa shape index (κ1) is 21.6. The molecule has 0 aliphatic carbocycles. The maximum atomic E-state index is 13.7. The molecule has 0 aromatic heterocycles. The summed E-state index contributed by atoms with van der Waals surface area (Å²) in [5, 5.41) is 2.19. The number of aryl methyl sites for hydroxylation is 1. The van der Waals surface area contributed by atoms with Gasteiger partial charge in [0.25, 0.3) is 5.91 Å². The van der Waals surface area contributed by atoms with Gasteiger partial charge in [-0.2, -0.15) is 0 Å². The molecule has 0 unspecified atom stereocenters. The van der Waals surface area contributed by atoms with Gasteiger partial charge in [0.2, 0.25) is 0 Å². The van der Waals surface area contributed by atoms with E-state index in [2.05, 4.69) is 15.9 Å². The molecule has 0 radical (unpaired) electrons. The van der Waals surface area contributed by atoms with Gasteiger partial charge >= 0.3 is 0 Å². The summed E-state index contributed by atoms with van der Waals surface area (Å²) < 4.78 is 0.982. The molecular weight excluding hydrogens is 526 g/mol. The quantitative estimate of drug-likeness (QED) is 0.313. The highest BCUT2D eigenvalue weighted by Gasteiger charge is 2.40. The number of benzene rings is 3. The van der Waals surface area contributed by atoms with E-state index in [1.165, 1.54) is 11.8 Å². The van der Waals surface area contributed by atoms with Crippen LogP contribution in [0.4, 0.5) is 17.1 Å². The summed E-state index contributed by atoms with van der Waals surface area (Å²) in [4.78, 5) is 24.0. The van der Waals surface area contributed by atoms with E-state index in [-0.39, 0.29) is 5.91 Å². The lowest BCUT2D eigenvalue weighted by Crippen LogP contribution is -2.29. The Bertz CT molecular complexity index is 1290. The number of amidine groups is 1. The maximum Gasteiger partial charge on any atom is 0.274 e. The SMILES string of the molecule is Cc1ccc(N2C(=O)C(=C3Sc4ccc(Cl)cc4N3C)SC2=Nc2ccc(Br)cc2)cc1. The number of nitrogens with zero attached hydrogens (tertiary/aromatic N) is 3. The normalized spacial score (nSPS) is 19.2. The third-order valence-corrected chi connectivity index (χ3v) is 8.27. The van der Waals surface area contributed by atoms with Gasteiger partial charge in [0.15, 0.2) is 5.17 Å². The van der Waals surface area contributed by atoms with Gasteiger partial charge in [-0.25, -0.2) is 4.99 Å². The Labute approximate surface area is 208 Å². The predicted octanol–water partition coefficient (Wildman–Crippen LogP) is 7.59. The van der Waals surface area contributed by atoms with Crippen molar-refractivity contribution in [3.8, 4) is 0 Å². The number of hydrogen-bond donors (Lipinski definition) is 0. The molecule has 5 rings (SSSR count). The van der Waals surface area contributed by atoms with E-state index >= 15 is 0 Å². The molecule has 1 fully saturated rings. The third-order valence-electron chi connectivity index (χ3n) is 5.11. The molecule has 0 N–H and O–H groups in total. The first-order chi connectivity index (χ1) is 15.4. The van der Waals surface area contributed by atoms with E-state index in [1.54, 1.807) is 16.7 Å².